The lowest BCUT2D eigenvalue weighted by atomic mass is 10.1. The smallest absolute Gasteiger partial charge is 0.271 e. The minimum atomic E-state index is -0.223. The fourth-order valence-electron chi connectivity index (χ4n) is 1.96. The van der Waals surface area contributed by atoms with Gasteiger partial charge in [0.25, 0.3) is 5.91 Å². The van der Waals surface area contributed by atoms with Crippen LogP contribution in [-0.4, -0.2) is 36.4 Å². The predicted octanol–water partition coefficient (Wildman–Crippen LogP) is 2.16. The van der Waals surface area contributed by atoms with Crippen LogP contribution in [0.3, 0.4) is 0 Å². The van der Waals surface area contributed by atoms with Gasteiger partial charge in [-0.1, -0.05) is 29.8 Å². The number of anilines is 1. The molecule has 0 aliphatic carbocycles. The molecule has 0 aliphatic heterocycles. The third kappa shape index (κ3) is 5.67. The zero-order valence-electron chi connectivity index (χ0n) is 13.5. The number of carbonyl (C=O) groups excluding carboxylic acids is 1. The molecule has 6 heteroatoms. The van der Waals surface area contributed by atoms with Crippen molar-refractivity contribution >= 4 is 11.7 Å². The number of benzene rings is 1. The summed E-state index contributed by atoms with van der Waals surface area (Å²) in [5.41, 5.74) is 2.70. The second-order valence-electron chi connectivity index (χ2n) is 5.25. The number of ether oxygens (including phenoxy) is 1. The average Bonchev–Trinajstić information content (AvgIpc) is 2.58. The monoisotopic (exact) mass is 314 g/mol. The predicted molar refractivity (Wildman–Crippen MR) is 89.4 cm³/mol. The largest absolute Gasteiger partial charge is 0.385 e. The number of nitrogens with one attached hydrogen (secondary N) is 2. The highest BCUT2D eigenvalue weighted by atomic mass is 16.5. The van der Waals surface area contributed by atoms with Crippen molar-refractivity contribution in [3.63, 3.8) is 0 Å². The normalized spacial score (nSPS) is 10.3. The number of rotatable bonds is 8. The number of aromatic nitrogens is 2. The van der Waals surface area contributed by atoms with E-state index in [2.05, 4.69) is 52.0 Å². The maximum Gasteiger partial charge on any atom is 0.271 e. The van der Waals surface area contributed by atoms with Gasteiger partial charge in [0.1, 0.15) is 5.82 Å². The maximum absolute atomic E-state index is 11.9. The lowest BCUT2D eigenvalue weighted by molar-refractivity contribution is 0.0942. The van der Waals surface area contributed by atoms with E-state index in [0.717, 1.165) is 12.0 Å². The Morgan fingerprint density at radius 3 is 2.57 bits per heavy atom. The van der Waals surface area contributed by atoms with E-state index in [0.29, 0.717) is 31.2 Å². The highest BCUT2D eigenvalue weighted by molar-refractivity contribution is 5.92. The minimum absolute atomic E-state index is 0.223. The van der Waals surface area contributed by atoms with Crippen LogP contribution >= 0.6 is 0 Å². The summed E-state index contributed by atoms with van der Waals surface area (Å²) in [4.78, 5) is 11.9. The van der Waals surface area contributed by atoms with Crippen LogP contribution in [-0.2, 0) is 11.3 Å². The SMILES string of the molecule is COCCCNC(=O)c1ccc(NCc2ccc(C)cc2)nn1. The molecule has 0 unspecified atom stereocenters. The summed E-state index contributed by atoms with van der Waals surface area (Å²) in [5, 5.41) is 13.9. The van der Waals surface area contributed by atoms with Crippen molar-refractivity contribution in [2.24, 2.45) is 0 Å². The van der Waals surface area contributed by atoms with Crippen molar-refractivity contribution in [3.05, 3.63) is 53.2 Å². The second-order valence-corrected chi connectivity index (χ2v) is 5.25. The standard InChI is InChI=1S/C17H22N4O2/c1-13-4-6-14(7-5-13)12-19-16-9-8-15(20-21-16)17(22)18-10-3-11-23-2/h4-9H,3,10-12H2,1-2H3,(H,18,22)(H,19,21). The van der Waals surface area contributed by atoms with Crippen LogP contribution in [0.15, 0.2) is 36.4 Å². The molecule has 1 heterocycles. The van der Waals surface area contributed by atoms with Gasteiger partial charge >= 0.3 is 0 Å². The molecule has 1 aromatic heterocycles. The first-order chi connectivity index (χ1) is 11.2. The Kier molecular flexibility index (Phi) is 6.50. The van der Waals surface area contributed by atoms with Crippen molar-refractivity contribution in [1.82, 2.24) is 15.5 Å². The molecule has 2 N–H and O–H groups in total. The van der Waals surface area contributed by atoms with E-state index < -0.39 is 0 Å². The second kappa shape index (κ2) is 8.85. The van der Waals surface area contributed by atoms with E-state index in [1.54, 1.807) is 19.2 Å². The number of aryl methyl sites for hydroxylation is 1. The molecule has 0 radical (unpaired) electrons. The van der Waals surface area contributed by atoms with Gasteiger partial charge in [-0.3, -0.25) is 4.79 Å². The molecular weight excluding hydrogens is 292 g/mol. The van der Waals surface area contributed by atoms with Crippen LogP contribution in [0.4, 0.5) is 5.82 Å². The molecule has 23 heavy (non-hydrogen) atoms. The fraction of sp³-hybridized carbons (Fsp3) is 0.353. The van der Waals surface area contributed by atoms with Crippen molar-refractivity contribution in [3.8, 4) is 0 Å². The molecule has 2 aromatic rings. The first-order valence-electron chi connectivity index (χ1n) is 7.59. The van der Waals surface area contributed by atoms with Crippen molar-refractivity contribution in [2.75, 3.05) is 25.6 Å². The first kappa shape index (κ1) is 16.9. The lowest BCUT2D eigenvalue weighted by Crippen LogP contribution is -2.26. The van der Waals surface area contributed by atoms with Crippen LogP contribution in [0.5, 0.6) is 0 Å². The van der Waals surface area contributed by atoms with Crippen molar-refractivity contribution in [1.29, 1.82) is 0 Å². The quantitative estimate of drug-likeness (QED) is 0.730. The summed E-state index contributed by atoms with van der Waals surface area (Å²) in [6, 6.07) is 11.7. The number of nitrogens with zero attached hydrogens (tertiary/aromatic N) is 2. The third-order valence-corrected chi connectivity index (χ3v) is 3.30. The van der Waals surface area contributed by atoms with Gasteiger partial charge in [0.2, 0.25) is 0 Å². The van der Waals surface area contributed by atoms with Gasteiger partial charge in [-0.15, -0.1) is 10.2 Å². The van der Waals surface area contributed by atoms with Gasteiger partial charge in [-0.25, -0.2) is 0 Å². The molecule has 6 nitrogen and oxygen atoms in total. The molecule has 0 saturated heterocycles. The maximum atomic E-state index is 11.9. The molecule has 122 valence electrons. The molecule has 0 spiro atoms. The fourth-order valence-corrected chi connectivity index (χ4v) is 1.96. The van der Waals surface area contributed by atoms with Crippen molar-refractivity contribution in [2.45, 2.75) is 19.9 Å². The van der Waals surface area contributed by atoms with Crippen molar-refractivity contribution < 1.29 is 9.53 Å². The van der Waals surface area contributed by atoms with Gasteiger partial charge in [0.15, 0.2) is 5.69 Å². The van der Waals surface area contributed by atoms with Crippen LogP contribution < -0.4 is 10.6 Å². The Morgan fingerprint density at radius 1 is 1.13 bits per heavy atom. The molecule has 0 bridgehead atoms. The average molecular weight is 314 g/mol. The Bertz CT molecular complexity index is 611. The van der Waals surface area contributed by atoms with Gasteiger partial charge in [0.05, 0.1) is 0 Å². The molecule has 1 amide bonds. The van der Waals surface area contributed by atoms with Crippen LogP contribution in [0, 0.1) is 6.92 Å². The zero-order chi connectivity index (χ0) is 16.5. The van der Waals surface area contributed by atoms with Gasteiger partial charge < -0.3 is 15.4 Å². The molecule has 0 atom stereocenters. The summed E-state index contributed by atoms with van der Waals surface area (Å²) in [7, 11) is 1.63. The molecule has 2 rings (SSSR count). The first-order valence-corrected chi connectivity index (χ1v) is 7.59. The molecular formula is C17H22N4O2. The highest BCUT2D eigenvalue weighted by Crippen LogP contribution is 2.07. The van der Waals surface area contributed by atoms with E-state index >= 15 is 0 Å². The number of carbonyl (C=O) groups is 1. The van der Waals surface area contributed by atoms with Crippen LogP contribution in [0.25, 0.3) is 0 Å². The van der Waals surface area contributed by atoms with Gasteiger partial charge in [-0.05, 0) is 31.0 Å². The van der Waals surface area contributed by atoms with Gasteiger partial charge in [-0.2, -0.15) is 0 Å². The summed E-state index contributed by atoms with van der Waals surface area (Å²) in [6.07, 6.45) is 0.770. The van der Waals surface area contributed by atoms with Gasteiger partial charge in [0, 0.05) is 26.8 Å². The minimum Gasteiger partial charge on any atom is -0.385 e. The number of amides is 1. The summed E-state index contributed by atoms with van der Waals surface area (Å²) in [5.74, 6) is 0.417. The van der Waals surface area contributed by atoms with E-state index in [1.807, 2.05) is 0 Å². The van der Waals surface area contributed by atoms with Crippen LogP contribution in [0.1, 0.15) is 28.0 Å². The van der Waals surface area contributed by atoms with Crippen LogP contribution in [0.2, 0.25) is 0 Å². The topological polar surface area (TPSA) is 76.1 Å². The van der Waals surface area contributed by atoms with E-state index in [9.17, 15) is 4.79 Å². The molecule has 1 aromatic carbocycles. The highest BCUT2D eigenvalue weighted by Gasteiger charge is 2.07. The van der Waals surface area contributed by atoms with E-state index in [4.69, 9.17) is 4.74 Å². The Balaban J connectivity index is 1.81. The Labute approximate surface area is 136 Å². The lowest BCUT2D eigenvalue weighted by Gasteiger charge is -2.07. The molecule has 0 saturated carbocycles. The third-order valence-electron chi connectivity index (χ3n) is 3.30. The van der Waals surface area contributed by atoms with E-state index in [-0.39, 0.29) is 5.91 Å². The Hall–Kier alpha value is -2.47. The van der Waals surface area contributed by atoms with E-state index in [1.165, 1.54) is 5.56 Å². The summed E-state index contributed by atoms with van der Waals surface area (Å²) >= 11 is 0. The number of hydrogen-bond donors (Lipinski definition) is 2. The zero-order valence-corrected chi connectivity index (χ0v) is 13.5. The molecule has 0 fully saturated rings. The Morgan fingerprint density at radius 2 is 1.91 bits per heavy atom. The summed E-state index contributed by atoms with van der Waals surface area (Å²) in [6.45, 7) is 3.90. The number of hydrogen-bond acceptors (Lipinski definition) is 5. The summed E-state index contributed by atoms with van der Waals surface area (Å²) < 4.78 is 4.93. The molecule has 0 aliphatic rings. The number of methoxy groups -OCH3 is 1.